The Morgan fingerprint density at radius 1 is 1.33 bits per heavy atom. The number of hydrogen-bond acceptors (Lipinski definition) is 3. The molecule has 0 aliphatic rings. The lowest BCUT2D eigenvalue weighted by Gasteiger charge is -2.18. The SMILES string of the molecule is COc1ccccc1[C@@H](C)NC(C)C#N. The number of methoxy groups -OCH3 is 1. The van der Waals surface area contributed by atoms with E-state index >= 15 is 0 Å². The summed E-state index contributed by atoms with van der Waals surface area (Å²) in [5.41, 5.74) is 1.07. The molecule has 0 aromatic heterocycles. The van der Waals surface area contributed by atoms with Gasteiger partial charge in [0.15, 0.2) is 0 Å². The van der Waals surface area contributed by atoms with Crippen LogP contribution in [0.4, 0.5) is 0 Å². The maximum Gasteiger partial charge on any atom is 0.123 e. The smallest absolute Gasteiger partial charge is 0.123 e. The predicted molar refractivity (Wildman–Crippen MR) is 59.6 cm³/mol. The molecule has 0 saturated heterocycles. The minimum Gasteiger partial charge on any atom is -0.496 e. The maximum atomic E-state index is 8.71. The third-order valence-electron chi connectivity index (χ3n) is 2.30. The number of nitriles is 1. The lowest BCUT2D eigenvalue weighted by molar-refractivity contribution is 0.400. The molecule has 0 spiro atoms. The molecule has 3 heteroatoms. The molecule has 0 aliphatic carbocycles. The molecule has 1 unspecified atom stereocenters. The van der Waals surface area contributed by atoms with Gasteiger partial charge in [-0.15, -0.1) is 0 Å². The first-order chi connectivity index (χ1) is 7.19. The Hall–Kier alpha value is -1.53. The summed E-state index contributed by atoms with van der Waals surface area (Å²) in [6.45, 7) is 3.86. The molecular weight excluding hydrogens is 188 g/mol. The van der Waals surface area contributed by atoms with Crippen LogP contribution >= 0.6 is 0 Å². The van der Waals surface area contributed by atoms with Gasteiger partial charge in [-0.1, -0.05) is 18.2 Å². The molecule has 0 amide bonds. The lowest BCUT2D eigenvalue weighted by atomic mass is 10.1. The van der Waals surface area contributed by atoms with Gasteiger partial charge in [0.1, 0.15) is 5.75 Å². The van der Waals surface area contributed by atoms with Gasteiger partial charge >= 0.3 is 0 Å². The summed E-state index contributed by atoms with van der Waals surface area (Å²) in [7, 11) is 1.65. The summed E-state index contributed by atoms with van der Waals surface area (Å²) in [4.78, 5) is 0. The average molecular weight is 204 g/mol. The van der Waals surface area contributed by atoms with Gasteiger partial charge < -0.3 is 4.74 Å². The van der Waals surface area contributed by atoms with E-state index in [-0.39, 0.29) is 12.1 Å². The van der Waals surface area contributed by atoms with Crippen LogP contribution in [0.5, 0.6) is 5.75 Å². The normalized spacial score (nSPS) is 14.0. The van der Waals surface area contributed by atoms with Crippen molar-refractivity contribution >= 4 is 0 Å². The highest BCUT2D eigenvalue weighted by Crippen LogP contribution is 2.24. The van der Waals surface area contributed by atoms with E-state index in [0.29, 0.717) is 0 Å². The first-order valence-corrected chi connectivity index (χ1v) is 4.97. The molecule has 1 N–H and O–H groups in total. The highest BCUT2D eigenvalue weighted by Gasteiger charge is 2.12. The van der Waals surface area contributed by atoms with Crippen molar-refractivity contribution in [1.29, 1.82) is 5.26 Å². The quantitative estimate of drug-likeness (QED) is 0.818. The number of hydrogen-bond donors (Lipinski definition) is 1. The number of ether oxygens (including phenoxy) is 1. The molecule has 0 bridgehead atoms. The van der Waals surface area contributed by atoms with E-state index < -0.39 is 0 Å². The zero-order valence-electron chi connectivity index (χ0n) is 9.32. The molecule has 15 heavy (non-hydrogen) atoms. The number of benzene rings is 1. The Bertz CT molecular complexity index is 357. The van der Waals surface area contributed by atoms with Crippen molar-refractivity contribution in [2.24, 2.45) is 0 Å². The molecule has 0 saturated carbocycles. The summed E-state index contributed by atoms with van der Waals surface area (Å²) in [5.74, 6) is 0.850. The minimum atomic E-state index is -0.162. The third-order valence-corrected chi connectivity index (χ3v) is 2.30. The molecule has 1 aromatic carbocycles. The van der Waals surface area contributed by atoms with E-state index in [2.05, 4.69) is 11.4 Å². The second-order valence-electron chi connectivity index (χ2n) is 3.48. The Balaban J connectivity index is 2.82. The van der Waals surface area contributed by atoms with E-state index in [1.54, 1.807) is 7.11 Å². The van der Waals surface area contributed by atoms with Crippen LogP contribution < -0.4 is 10.1 Å². The van der Waals surface area contributed by atoms with E-state index in [1.807, 2.05) is 38.1 Å². The Morgan fingerprint density at radius 3 is 2.60 bits per heavy atom. The second kappa shape index (κ2) is 5.38. The second-order valence-corrected chi connectivity index (χ2v) is 3.48. The standard InChI is InChI=1S/C12H16N2O/c1-9(8-13)14-10(2)11-6-4-5-7-12(11)15-3/h4-7,9-10,14H,1-3H3/t9?,10-/m1/s1. The van der Waals surface area contributed by atoms with E-state index in [0.717, 1.165) is 11.3 Å². The summed E-state index contributed by atoms with van der Waals surface area (Å²) in [5, 5.41) is 11.9. The molecule has 0 heterocycles. The van der Waals surface area contributed by atoms with Crippen molar-refractivity contribution in [2.75, 3.05) is 7.11 Å². The van der Waals surface area contributed by atoms with Crippen molar-refractivity contribution in [3.8, 4) is 11.8 Å². The molecule has 1 rings (SSSR count). The van der Waals surface area contributed by atoms with Crippen molar-refractivity contribution in [1.82, 2.24) is 5.32 Å². The van der Waals surface area contributed by atoms with Crippen LogP contribution in [0.15, 0.2) is 24.3 Å². The minimum absolute atomic E-state index is 0.107. The molecular formula is C12H16N2O. The van der Waals surface area contributed by atoms with Crippen LogP contribution in [-0.2, 0) is 0 Å². The molecule has 2 atom stereocenters. The summed E-state index contributed by atoms with van der Waals surface area (Å²) in [6, 6.07) is 9.92. The first kappa shape index (κ1) is 11.5. The monoisotopic (exact) mass is 204 g/mol. The topological polar surface area (TPSA) is 45.0 Å². The van der Waals surface area contributed by atoms with Crippen LogP contribution in [0.1, 0.15) is 25.5 Å². The number of para-hydroxylation sites is 1. The van der Waals surface area contributed by atoms with E-state index in [4.69, 9.17) is 10.00 Å². The molecule has 80 valence electrons. The highest BCUT2D eigenvalue weighted by molar-refractivity contribution is 5.35. The Morgan fingerprint density at radius 2 is 2.00 bits per heavy atom. The van der Waals surface area contributed by atoms with Crippen molar-refractivity contribution in [2.45, 2.75) is 25.9 Å². The van der Waals surface area contributed by atoms with Gasteiger partial charge in [0, 0.05) is 11.6 Å². The van der Waals surface area contributed by atoms with Crippen LogP contribution in [0, 0.1) is 11.3 Å². The van der Waals surface area contributed by atoms with Crippen molar-refractivity contribution in [3.63, 3.8) is 0 Å². The largest absolute Gasteiger partial charge is 0.496 e. The van der Waals surface area contributed by atoms with Gasteiger partial charge in [0.25, 0.3) is 0 Å². The van der Waals surface area contributed by atoms with E-state index in [1.165, 1.54) is 0 Å². The zero-order chi connectivity index (χ0) is 11.3. The number of nitrogens with one attached hydrogen (secondary N) is 1. The highest BCUT2D eigenvalue weighted by atomic mass is 16.5. The Labute approximate surface area is 90.7 Å². The van der Waals surface area contributed by atoms with Crippen molar-refractivity contribution in [3.05, 3.63) is 29.8 Å². The molecule has 3 nitrogen and oxygen atoms in total. The third kappa shape index (κ3) is 2.97. The molecule has 0 radical (unpaired) electrons. The van der Waals surface area contributed by atoms with Gasteiger partial charge in [0.05, 0.1) is 19.2 Å². The fourth-order valence-electron chi connectivity index (χ4n) is 1.53. The summed E-state index contributed by atoms with van der Waals surface area (Å²) >= 11 is 0. The first-order valence-electron chi connectivity index (χ1n) is 4.97. The maximum absolute atomic E-state index is 8.71. The fraction of sp³-hybridized carbons (Fsp3) is 0.417. The predicted octanol–water partition coefficient (Wildman–Crippen LogP) is 2.26. The average Bonchev–Trinajstić information content (AvgIpc) is 2.28. The Kier molecular flexibility index (Phi) is 4.14. The van der Waals surface area contributed by atoms with E-state index in [9.17, 15) is 0 Å². The molecule has 0 aliphatic heterocycles. The van der Waals surface area contributed by atoms with Crippen LogP contribution in [-0.4, -0.2) is 13.2 Å². The lowest BCUT2D eigenvalue weighted by Crippen LogP contribution is -2.27. The van der Waals surface area contributed by atoms with Crippen LogP contribution in [0.2, 0.25) is 0 Å². The molecule has 1 aromatic rings. The summed E-state index contributed by atoms with van der Waals surface area (Å²) < 4.78 is 5.26. The van der Waals surface area contributed by atoms with Crippen LogP contribution in [0.25, 0.3) is 0 Å². The van der Waals surface area contributed by atoms with Crippen molar-refractivity contribution < 1.29 is 4.74 Å². The van der Waals surface area contributed by atoms with Crippen LogP contribution in [0.3, 0.4) is 0 Å². The van der Waals surface area contributed by atoms with Gasteiger partial charge in [0.2, 0.25) is 0 Å². The van der Waals surface area contributed by atoms with Gasteiger partial charge in [-0.2, -0.15) is 5.26 Å². The van der Waals surface area contributed by atoms with Gasteiger partial charge in [-0.3, -0.25) is 5.32 Å². The number of nitrogens with zero attached hydrogens (tertiary/aromatic N) is 1. The van der Waals surface area contributed by atoms with Gasteiger partial charge in [-0.25, -0.2) is 0 Å². The van der Waals surface area contributed by atoms with Gasteiger partial charge in [-0.05, 0) is 19.9 Å². The zero-order valence-corrected chi connectivity index (χ0v) is 9.32. The summed E-state index contributed by atoms with van der Waals surface area (Å²) in [6.07, 6.45) is 0. The fourth-order valence-corrected chi connectivity index (χ4v) is 1.53. The number of rotatable bonds is 4. The molecule has 0 fully saturated rings.